The van der Waals surface area contributed by atoms with Crippen LogP contribution in [-0.2, 0) is 17.9 Å². The maximum Gasteiger partial charge on any atom is 0.253 e. The quantitative estimate of drug-likeness (QED) is 0.777. The zero-order valence-corrected chi connectivity index (χ0v) is 17.1. The lowest BCUT2D eigenvalue weighted by Crippen LogP contribution is -2.48. The molecule has 2 aliphatic heterocycles. The maximum atomic E-state index is 12.8. The van der Waals surface area contributed by atoms with Crippen molar-refractivity contribution in [2.45, 2.75) is 32.9 Å². The Morgan fingerprint density at radius 1 is 1.07 bits per heavy atom. The van der Waals surface area contributed by atoms with Crippen molar-refractivity contribution in [3.63, 3.8) is 0 Å². The number of aromatic nitrogens is 1. The number of aryl methyl sites for hydroxylation is 1. The van der Waals surface area contributed by atoms with E-state index in [9.17, 15) is 9.59 Å². The Morgan fingerprint density at radius 2 is 1.82 bits per heavy atom. The molecule has 0 spiro atoms. The fourth-order valence-corrected chi connectivity index (χ4v) is 4.45. The number of piperazine rings is 1. The Labute approximate surface area is 169 Å². The van der Waals surface area contributed by atoms with E-state index in [2.05, 4.69) is 15.3 Å². The monoisotopic (exact) mass is 398 g/mol. The van der Waals surface area contributed by atoms with Gasteiger partial charge in [0.1, 0.15) is 0 Å². The maximum absolute atomic E-state index is 12.8. The summed E-state index contributed by atoms with van der Waals surface area (Å²) in [5, 5.41) is 3.21. The molecular formula is C21H26N4O2S. The predicted molar refractivity (Wildman–Crippen MR) is 109 cm³/mol. The van der Waals surface area contributed by atoms with Gasteiger partial charge in [0.25, 0.3) is 5.91 Å². The second-order valence-corrected chi connectivity index (χ2v) is 8.60. The molecule has 6 nitrogen and oxygen atoms in total. The second kappa shape index (κ2) is 8.41. The van der Waals surface area contributed by atoms with Crippen molar-refractivity contribution in [3.05, 3.63) is 51.5 Å². The molecule has 1 aromatic heterocycles. The van der Waals surface area contributed by atoms with Crippen LogP contribution in [-0.4, -0.2) is 64.2 Å². The van der Waals surface area contributed by atoms with Crippen molar-refractivity contribution in [2.24, 2.45) is 0 Å². The van der Waals surface area contributed by atoms with Crippen LogP contribution in [0.2, 0.25) is 0 Å². The molecule has 2 aromatic rings. The van der Waals surface area contributed by atoms with Crippen LogP contribution >= 0.6 is 11.3 Å². The molecule has 0 N–H and O–H groups in total. The highest BCUT2D eigenvalue weighted by molar-refractivity contribution is 7.09. The minimum atomic E-state index is 0.0907. The summed E-state index contributed by atoms with van der Waals surface area (Å²) in [5.74, 6) is 0.318. The van der Waals surface area contributed by atoms with Gasteiger partial charge in [0.15, 0.2) is 0 Å². The first-order valence-corrected chi connectivity index (χ1v) is 10.8. The third-order valence-corrected chi connectivity index (χ3v) is 6.28. The molecular weight excluding hydrogens is 372 g/mol. The lowest BCUT2D eigenvalue weighted by molar-refractivity contribution is -0.128. The number of hydrogen-bond acceptors (Lipinski definition) is 5. The lowest BCUT2D eigenvalue weighted by atomic mass is 10.1. The Morgan fingerprint density at radius 3 is 2.43 bits per heavy atom. The number of benzene rings is 1. The number of thiazole rings is 1. The molecule has 7 heteroatoms. The molecule has 4 rings (SSSR count). The minimum absolute atomic E-state index is 0.0907. The molecule has 2 fully saturated rings. The molecule has 2 aliphatic rings. The number of carbonyl (C=O) groups is 2. The predicted octanol–water partition coefficient (Wildman–Crippen LogP) is 2.53. The molecule has 2 saturated heterocycles. The number of rotatable bonds is 5. The summed E-state index contributed by atoms with van der Waals surface area (Å²) >= 11 is 1.68. The summed E-state index contributed by atoms with van der Waals surface area (Å²) < 4.78 is 0. The summed E-state index contributed by atoms with van der Waals surface area (Å²) in [7, 11) is 0. The molecule has 0 unspecified atom stereocenters. The summed E-state index contributed by atoms with van der Waals surface area (Å²) in [6.45, 7) is 7.59. The number of carbonyl (C=O) groups excluding carboxylic acids is 2. The lowest BCUT2D eigenvalue weighted by Gasteiger charge is -2.34. The van der Waals surface area contributed by atoms with E-state index in [-0.39, 0.29) is 11.8 Å². The summed E-state index contributed by atoms with van der Waals surface area (Å²) in [4.78, 5) is 35.3. The Bertz CT molecular complexity index is 840. The molecule has 2 amide bonds. The number of amides is 2. The van der Waals surface area contributed by atoms with Crippen molar-refractivity contribution in [1.82, 2.24) is 19.7 Å². The zero-order chi connectivity index (χ0) is 19.5. The smallest absolute Gasteiger partial charge is 0.253 e. The second-order valence-electron chi connectivity index (χ2n) is 7.54. The van der Waals surface area contributed by atoms with Crippen LogP contribution < -0.4 is 0 Å². The summed E-state index contributed by atoms with van der Waals surface area (Å²) in [6, 6.07) is 7.73. The normalized spacial score (nSPS) is 18.1. The van der Waals surface area contributed by atoms with Crippen molar-refractivity contribution < 1.29 is 9.59 Å². The van der Waals surface area contributed by atoms with Crippen molar-refractivity contribution >= 4 is 23.2 Å². The molecule has 1 aromatic carbocycles. The van der Waals surface area contributed by atoms with Gasteiger partial charge in [-0.1, -0.05) is 12.1 Å². The van der Waals surface area contributed by atoms with Gasteiger partial charge in [-0.05, 0) is 31.0 Å². The zero-order valence-electron chi connectivity index (χ0n) is 16.3. The average Bonchev–Trinajstić information content (AvgIpc) is 3.30. The molecule has 0 atom stereocenters. The Balaban J connectivity index is 1.29. The molecule has 0 aliphatic carbocycles. The van der Waals surface area contributed by atoms with E-state index in [0.29, 0.717) is 13.0 Å². The number of hydrogen-bond donors (Lipinski definition) is 0. The van der Waals surface area contributed by atoms with E-state index in [1.165, 1.54) is 0 Å². The fourth-order valence-electron chi connectivity index (χ4n) is 3.85. The van der Waals surface area contributed by atoms with Gasteiger partial charge in [0, 0.05) is 63.2 Å². The topological polar surface area (TPSA) is 56.8 Å². The van der Waals surface area contributed by atoms with E-state index in [0.717, 1.165) is 67.5 Å². The van der Waals surface area contributed by atoms with Gasteiger partial charge in [0.05, 0.1) is 10.7 Å². The Hall–Kier alpha value is -2.25. The number of likely N-dealkylation sites (tertiary alicyclic amines) is 1. The van der Waals surface area contributed by atoms with Gasteiger partial charge >= 0.3 is 0 Å². The van der Waals surface area contributed by atoms with Gasteiger partial charge in [0.2, 0.25) is 5.91 Å². The molecule has 0 radical (unpaired) electrons. The third-order valence-electron chi connectivity index (χ3n) is 5.46. The largest absolute Gasteiger partial charge is 0.338 e. The first kappa shape index (κ1) is 19.1. The van der Waals surface area contributed by atoms with Gasteiger partial charge in [-0.25, -0.2) is 4.98 Å². The van der Waals surface area contributed by atoms with Crippen molar-refractivity contribution in [1.29, 1.82) is 0 Å². The van der Waals surface area contributed by atoms with Crippen LogP contribution in [0.15, 0.2) is 29.6 Å². The van der Waals surface area contributed by atoms with E-state index >= 15 is 0 Å². The highest BCUT2D eigenvalue weighted by Gasteiger charge is 2.23. The third kappa shape index (κ3) is 4.42. The van der Waals surface area contributed by atoms with Gasteiger partial charge in [-0.15, -0.1) is 11.3 Å². The van der Waals surface area contributed by atoms with E-state index in [4.69, 9.17) is 0 Å². The van der Waals surface area contributed by atoms with Crippen LogP contribution in [0.5, 0.6) is 0 Å². The van der Waals surface area contributed by atoms with Gasteiger partial charge < -0.3 is 9.80 Å². The van der Waals surface area contributed by atoms with E-state index in [1.54, 1.807) is 11.3 Å². The Kier molecular flexibility index (Phi) is 5.73. The van der Waals surface area contributed by atoms with Crippen LogP contribution in [0, 0.1) is 6.92 Å². The average molecular weight is 399 g/mol. The number of nitrogens with zero attached hydrogens (tertiary/aromatic N) is 4. The standard InChI is InChI=1S/C21H26N4O2S/c1-16-22-19(15-28-16)14-23-9-11-24(12-10-23)21(27)18-6-4-17(5-7-18)13-25-8-2-3-20(25)26/h4-7,15H,2-3,8-14H2,1H3. The fraction of sp³-hybridized carbons (Fsp3) is 0.476. The minimum Gasteiger partial charge on any atom is -0.338 e. The highest BCUT2D eigenvalue weighted by Crippen LogP contribution is 2.17. The van der Waals surface area contributed by atoms with Crippen LogP contribution in [0.1, 0.15) is 39.5 Å². The van der Waals surface area contributed by atoms with Crippen LogP contribution in [0.25, 0.3) is 0 Å². The molecule has 0 bridgehead atoms. The van der Waals surface area contributed by atoms with E-state index in [1.807, 2.05) is 41.0 Å². The highest BCUT2D eigenvalue weighted by atomic mass is 32.1. The molecule has 3 heterocycles. The van der Waals surface area contributed by atoms with Crippen LogP contribution in [0.3, 0.4) is 0 Å². The molecule has 28 heavy (non-hydrogen) atoms. The van der Waals surface area contributed by atoms with Gasteiger partial charge in [-0.3, -0.25) is 14.5 Å². The molecule has 0 saturated carbocycles. The first-order valence-electron chi connectivity index (χ1n) is 9.88. The van der Waals surface area contributed by atoms with Crippen molar-refractivity contribution in [2.75, 3.05) is 32.7 Å². The van der Waals surface area contributed by atoms with Gasteiger partial charge in [-0.2, -0.15) is 0 Å². The summed E-state index contributed by atoms with van der Waals surface area (Å²) in [6.07, 6.45) is 1.61. The van der Waals surface area contributed by atoms with Crippen molar-refractivity contribution in [3.8, 4) is 0 Å². The van der Waals surface area contributed by atoms with E-state index < -0.39 is 0 Å². The summed E-state index contributed by atoms with van der Waals surface area (Å²) in [5.41, 5.74) is 2.92. The SMILES string of the molecule is Cc1nc(CN2CCN(C(=O)c3ccc(CN4CCCC4=O)cc3)CC2)cs1. The first-order chi connectivity index (χ1) is 13.6. The van der Waals surface area contributed by atoms with Crippen LogP contribution in [0.4, 0.5) is 0 Å². The molecule has 148 valence electrons.